The molecule has 1 aromatic heterocycles. The van der Waals surface area contributed by atoms with Crippen LogP contribution in [0.15, 0.2) is 12.1 Å². The first-order valence-electron chi connectivity index (χ1n) is 7.17. The van der Waals surface area contributed by atoms with E-state index in [2.05, 4.69) is 12.2 Å². The summed E-state index contributed by atoms with van der Waals surface area (Å²) in [5.41, 5.74) is 4.76. The van der Waals surface area contributed by atoms with Crippen LogP contribution in [0.25, 0.3) is 10.9 Å². The summed E-state index contributed by atoms with van der Waals surface area (Å²) >= 11 is 6.28. The molecule has 4 heteroatoms. The number of rotatable bonds is 3. The van der Waals surface area contributed by atoms with Gasteiger partial charge in [-0.05, 0) is 44.2 Å². The number of ether oxygens (including phenoxy) is 1. The van der Waals surface area contributed by atoms with Gasteiger partial charge >= 0.3 is 0 Å². The van der Waals surface area contributed by atoms with Crippen molar-refractivity contribution in [2.24, 2.45) is 0 Å². The van der Waals surface area contributed by atoms with Gasteiger partial charge < -0.3 is 10.1 Å². The quantitative estimate of drug-likeness (QED) is 0.919. The first kappa shape index (κ1) is 13.5. The van der Waals surface area contributed by atoms with Crippen molar-refractivity contribution < 1.29 is 4.74 Å². The third-order valence-corrected chi connectivity index (χ3v) is 4.18. The second-order valence-electron chi connectivity index (χ2n) is 5.15. The Morgan fingerprint density at radius 1 is 1.30 bits per heavy atom. The molecular weight excluding hydrogens is 272 g/mol. The van der Waals surface area contributed by atoms with E-state index >= 15 is 0 Å². The van der Waals surface area contributed by atoms with Crippen LogP contribution in [0.5, 0.6) is 5.75 Å². The molecule has 0 amide bonds. The molecule has 1 N–H and O–H groups in total. The second-order valence-corrected chi connectivity index (χ2v) is 5.56. The van der Waals surface area contributed by atoms with Crippen LogP contribution >= 0.6 is 11.6 Å². The zero-order valence-electron chi connectivity index (χ0n) is 11.9. The molecule has 1 aliphatic rings. The van der Waals surface area contributed by atoms with Gasteiger partial charge in [-0.2, -0.15) is 0 Å². The van der Waals surface area contributed by atoms with E-state index in [1.165, 1.54) is 29.8 Å². The Balaban J connectivity index is 2.29. The number of halogens is 1. The molecule has 20 heavy (non-hydrogen) atoms. The molecule has 0 saturated carbocycles. The Kier molecular flexibility index (Phi) is 3.70. The fourth-order valence-corrected chi connectivity index (χ4v) is 3.20. The summed E-state index contributed by atoms with van der Waals surface area (Å²) in [6.45, 7) is 3.02. The molecule has 106 valence electrons. The topological polar surface area (TPSA) is 34.2 Å². The van der Waals surface area contributed by atoms with Crippen molar-refractivity contribution in [2.75, 3.05) is 19.0 Å². The summed E-state index contributed by atoms with van der Waals surface area (Å²) < 4.78 is 5.30. The van der Waals surface area contributed by atoms with Gasteiger partial charge in [-0.1, -0.05) is 11.6 Å². The van der Waals surface area contributed by atoms with E-state index in [0.29, 0.717) is 10.8 Å². The first-order valence-corrected chi connectivity index (χ1v) is 7.55. The third-order valence-electron chi connectivity index (χ3n) is 3.89. The van der Waals surface area contributed by atoms with E-state index in [9.17, 15) is 0 Å². The lowest BCUT2D eigenvalue weighted by Gasteiger charge is -2.21. The predicted molar refractivity (Wildman–Crippen MR) is 84.1 cm³/mol. The molecular formula is C16H19ClN2O. The molecule has 0 saturated heterocycles. The Morgan fingerprint density at radius 3 is 2.85 bits per heavy atom. The predicted octanol–water partition coefficient (Wildman–Crippen LogP) is 4.21. The number of anilines is 1. The van der Waals surface area contributed by atoms with Crippen molar-refractivity contribution >= 4 is 28.2 Å². The normalized spacial score (nSPS) is 14.2. The lowest BCUT2D eigenvalue weighted by atomic mass is 9.92. The van der Waals surface area contributed by atoms with E-state index in [-0.39, 0.29) is 0 Å². The SMILES string of the molecule is CCNc1c2c(nc3cc(OC)c(Cl)cc13)CCCC2. The van der Waals surface area contributed by atoms with Gasteiger partial charge in [0, 0.05) is 29.4 Å². The molecule has 0 atom stereocenters. The van der Waals surface area contributed by atoms with Gasteiger partial charge in [0.25, 0.3) is 0 Å². The van der Waals surface area contributed by atoms with Crippen molar-refractivity contribution in [2.45, 2.75) is 32.6 Å². The monoisotopic (exact) mass is 290 g/mol. The maximum Gasteiger partial charge on any atom is 0.139 e. The smallest absolute Gasteiger partial charge is 0.139 e. The molecule has 1 heterocycles. The highest BCUT2D eigenvalue weighted by molar-refractivity contribution is 6.33. The molecule has 0 fully saturated rings. The van der Waals surface area contributed by atoms with Crippen molar-refractivity contribution in [1.82, 2.24) is 4.98 Å². The molecule has 3 nitrogen and oxygen atoms in total. The summed E-state index contributed by atoms with van der Waals surface area (Å²) in [4.78, 5) is 4.83. The van der Waals surface area contributed by atoms with Crippen LogP contribution in [0, 0.1) is 0 Å². The van der Waals surface area contributed by atoms with Gasteiger partial charge in [-0.25, -0.2) is 0 Å². The fraction of sp³-hybridized carbons (Fsp3) is 0.438. The lowest BCUT2D eigenvalue weighted by molar-refractivity contribution is 0.415. The molecule has 0 radical (unpaired) electrons. The third kappa shape index (κ3) is 2.20. The van der Waals surface area contributed by atoms with Crippen LogP contribution in [0.3, 0.4) is 0 Å². The molecule has 2 aromatic rings. The Morgan fingerprint density at radius 2 is 2.10 bits per heavy atom. The minimum atomic E-state index is 0.636. The van der Waals surface area contributed by atoms with E-state index in [4.69, 9.17) is 21.3 Å². The van der Waals surface area contributed by atoms with E-state index in [1.54, 1.807) is 7.11 Å². The minimum Gasteiger partial charge on any atom is -0.495 e. The van der Waals surface area contributed by atoms with Gasteiger partial charge in [-0.3, -0.25) is 4.98 Å². The number of fused-ring (bicyclic) bond motifs is 2. The number of aromatic nitrogens is 1. The summed E-state index contributed by atoms with van der Waals surface area (Å²) in [6, 6.07) is 3.91. The fourth-order valence-electron chi connectivity index (χ4n) is 2.96. The van der Waals surface area contributed by atoms with Crippen molar-refractivity contribution in [1.29, 1.82) is 0 Å². The average molecular weight is 291 g/mol. The van der Waals surface area contributed by atoms with E-state index < -0.39 is 0 Å². The molecule has 0 spiro atoms. The van der Waals surface area contributed by atoms with Crippen LogP contribution < -0.4 is 10.1 Å². The number of benzene rings is 1. The van der Waals surface area contributed by atoms with Crippen LogP contribution in [0.4, 0.5) is 5.69 Å². The maximum atomic E-state index is 6.28. The van der Waals surface area contributed by atoms with Gasteiger partial charge in [0.1, 0.15) is 5.75 Å². The Bertz CT molecular complexity index is 655. The van der Waals surface area contributed by atoms with Crippen molar-refractivity contribution in [3.05, 3.63) is 28.4 Å². The lowest BCUT2D eigenvalue weighted by Crippen LogP contribution is -2.11. The molecule has 0 bridgehead atoms. The largest absolute Gasteiger partial charge is 0.495 e. The van der Waals surface area contributed by atoms with Crippen molar-refractivity contribution in [3.8, 4) is 5.75 Å². The summed E-state index contributed by atoms with van der Waals surface area (Å²) in [7, 11) is 1.64. The molecule has 1 aromatic carbocycles. The number of hydrogen-bond acceptors (Lipinski definition) is 3. The Hall–Kier alpha value is -1.48. The number of nitrogens with zero attached hydrogens (tertiary/aromatic N) is 1. The molecule has 1 aliphatic carbocycles. The number of pyridine rings is 1. The number of nitrogens with one attached hydrogen (secondary N) is 1. The molecule has 3 rings (SSSR count). The summed E-state index contributed by atoms with van der Waals surface area (Å²) in [5.74, 6) is 0.685. The minimum absolute atomic E-state index is 0.636. The standard InChI is InChI=1S/C16H19ClN2O/c1-3-18-16-10-6-4-5-7-13(10)19-14-9-15(20-2)12(17)8-11(14)16/h8-9H,3-7H2,1-2H3,(H,18,19). The zero-order valence-corrected chi connectivity index (χ0v) is 12.7. The maximum absolute atomic E-state index is 6.28. The summed E-state index contributed by atoms with van der Waals surface area (Å²) in [5, 5.41) is 5.24. The van der Waals surface area contributed by atoms with Crippen molar-refractivity contribution in [3.63, 3.8) is 0 Å². The van der Waals surface area contributed by atoms with E-state index in [1.807, 2.05) is 12.1 Å². The molecule has 0 unspecified atom stereocenters. The van der Waals surface area contributed by atoms with Crippen LogP contribution in [0.2, 0.25) is 5.02 Å². The highest BCUT2D eigenvalue weighted by atomic mass is 35.5. The van der Waals surface area contributed by atoms with Gasteiger partial charge in [0.05, 0.1) is 17.6 Å². The number of hydrogen-bond donors (Lipinski definition) is 1. The highest BCUT2D eigenvalue weighted by Crippen LogP contribution is 2.37. The van der Waals surface area contributed by atoms with E-state index in [0.717, 1.165) is 30.3 Å². The average Bonchev–Trinajstić information content (AvgIpc) is 2.47. The zero-order chi connectivity index (χ0) is 14.1. The molecule has 0 aliphatic heterocycles. The number of methoxy groups -OCH3 is 1. The van der Waals surface area contributed by atoms with Gasteiger partial charge in [0.2, 0.25) is 0 Å². The first-order chi connectivity index (χ1) is 9.74. The van der Waals surface area contributed by atoms with Gasteiger partial charge in [-0.15, -0.1) is 0 Å². The van der Waals surface area contributed by atoms with Crippen LogP contribution in [0.1, 0.15) is 31.0 Å². The second kappa shape index (κ2) is 5.49. The number of aryl methyl sites for hydroxylation is 1. The van der Waals surface area contributed by atoms with Gasteiger partial charge in [0.15, 0.2) is 0 Å². The Labute approximate surface area is 124 Å². The van der Waals surface area contributed by atoms with Crippen LogP contribution in [-0.2, 0) is 12.8 Å². The highest BCUT2D eigenvalue weighted by Gasteiger charge is 2.19. The van der Waals surface area contributed by atoms with Crippen LogP contribution in [-0.4, -0.2) is 18.6 Å². The summed E-state index contributed by atoms with van der Waals surface area (Å²) in [6.07, 6.45) is 4.63.